The normalized spacial score (nSPS) is 9.33. The Morgan fingerprint density at radius 2 is 1.83 bits per heavy atom. The van der Waals surface area contributed by atoms with Crippen LogP contribution in [0.5, 0.6) is 5.75 Å². The average Bonchev–Trinajstić information content (AvgIpc) is 2.15. The summed E-state index contributed by atoms with van der Waals surface area (Å²) in [6, 6.07) is 5.01. The van der Waals surface area contributed by atoms with E-state index in [1.807, 2.05) is 0 Å². The van der Waals surface area contributed by atoms with Crippen LogP contribution in [0.25, 0.3) is 0 Å². The Balaban J connectivity index is 3.53. The van der Waals surface area contributed by atoms with Crippen molar-refractivity contribution in [2.75, 3.05) is 0 Å². The lowest BCUT2D eigenvalue weighted by atomic mass is 10.2. The van der Waals surface area contributed by atoms with Gasteiger partial charge in [0.1, 0.15) is 5.56 Å². The molecule has 0 amide bonds. The number of carboxylic acid groups (broad SMARTS) is 1. The zero-order chi connectivity index (χ0) is 9.14. The molecule has 1 rings (SSSR count). The summed E-state index contributed by atoms with van der Waals surface area (Å²) >= 11 is 0. The molecule has 0 bridgehead atoms. The van der Waals surface area contributed by atoms with Crippen LogP contribution in [-0.4, -0.2) is 16.2 Å². The standard InChI is InChI=1S/C8H6O4/c9-6-4-2-1-3-5(7(6)10)8(11)12/h1-4H,(H,9,10)(H,11,12). The van der Waals surface area contributed by atoms with E-state index in [4.69, 9.17) is 10.2 Å². The van der Waals surface area contributed by atoms with E-state index in [0.29, 0.717) is 0 Å². The highest BCUT2D eigenvalue weighted by Gasteiger charge is 2.09. The van der Waals surface area contributed by atoms with Crippen molar-refractivity contribution in [3.05, 3.63) is 40.1 Å². The largest absolute Gasteiger partial charge is 0.504 e. The monoisotopic (exact) mass is 166 g/mol. The molecule has 0 radical (unpaired) electrons. The van der Waals surface area contributed by atoms with Crippen molar-refractivity contribution >= 4 is 5.97 Å². The van der Waals surface area contributed by atoms with Crippen molar-refractivity contribution in [1.82, 2.24) is 0 Å². The van der Waals surface area contributed by atoms with Crippen LogP contribution < -0.4 is 5.43 Å². The second-order valence-electron chi connectivity index (χ2n) is 2.15. The summed E-state index contributed by atoms with van der Waals surface area (Å²) in [5.74, 6) is -2.05. The van der Waals surface area contributed by atoms with Gasteiger partial charge < -0.3 is 10.2 Å². The van der Waals surface area contributed by atoms with Crippen LogP contribution >= 0.6 is 0 Å². The minimum Gasteiger partial charge on any atom is -0.504 e. The SMILES string of the molecule is O=C(O)c1ccccc(=O)c1O. The van der Waals surface area contributed by atoms with Gasteiger partial charge in [-0.2, -0.15) is 0 Å². The minimum absolute atomic E-state index is 0.384. The van der Waals surface area contributed by atoms with Crippen molar-refractivity contribution in [1.29, 1.82) is 0 Å². The lowest BCUT2D eigenvalue weighted by molar-refractivity contribution is 0.0693. The molecule has 0 saturated heterocycles. The maximum absolute atomic E-state index is 10.8. The molecule has 0 aromatic heterocycles. The highest BCUT2D eigenvalue weighted by Crippen LogP contribution is 2.08. The van der Waals surface area contributed by atoms with Gasteiger partial charge >= 0.3 is 5.97 Å². The molecule has 0 aliphatic carbocycles. The zero-order valence-electron chi connectivity index (χ0n) is 6.02. The van der Waals surface area contributed by atoms with E-state index >= 15 is 0 Å². The second-order valence-corrected chi connectivity index (χ2v) is 2.15. The molecule has 0 fully saturated rings. The third-order valence-electron chi connectivity index (χ3n) is 1.34. The van der Waals surface area contributed by atoms with Gasteiger partial charge in [-0.3, -0.25) is 4.79 Å². The second kappa shape index (κ2) is 3.04. The van der Waals surface area contributed by atoms with Gasteiger partial charge in [0.25, 0.3) is 0 Å². The Labute approximate surface area is 67.7 Å². The molecule has 0 atom stereocenters. The predicted molar refractivity (Wildman–Crippen MR) is 41.3 cm³/mol. The van der Waals surface area contributed by atoms with Crippen LogP contribution in [0.2, 0.25) is 0 Å². The highest BCUT2D eigenvalue weighted by molar-refractivity contribution is 5.90. The van der Waals surface area contributed by atoms with Gasteiger partial charge in [-0.1, -0.05) is 12.1 Å². The number of aromatic carboxylic acids is 1. The van der Waals surface area contributed by atoms with E-state index in [-0.39, 0.29) is 5.56 Å². The number of carbonyl (C=O) groups is 1. The number of rotatable bonds is 1. The van der Waals surface area contributed by atoms with Crippen molar-refractivity contribution in [2.45, 2.75) is 0 Å². The van der Waals surface area contributed by atoms with Crippen molar-refractivity contribution in [3.8, 4) is 5.75 Å². The third-order valence-corrected chi connectivity index (χ3v) is 1.34. The maximum Gasteiger partial charge on any atom is 0.339 e. The van der Waals surface area contributed by atoms with Crippen LogP contribution in [0.3, 0.4) is 0 Å². The van der Waals surface area contributed by atoms with Gasteiger partial charge in [0, 0.05) is 0 Å². The quantitative estimate of drug-likeness (QED) is 0.635. The molecule has 1 aromatic carbocycles. The van der Waals surface area contributed by atoms with Crippen LogP contribution in [0, 0.1) is 0 Å². The number of carboxylic acids is 1. The topological polar surface area (TPSA) is 74.6 Å². The summed E-state index contributed by atoms with van der Waals surface area (Å²) in [5.41, 5.74) is -1.08. The first-order chi connectivity index (χ1) is 5.63. The van der Waals surface area contributed by atoms with Gasteiger partial charge in [-0.05, 0) is 12.1 Å². The van der Waals surface area contributed by atoms with E-state index in [1.54, 1.807) is 0 Å². The van der Waals surface area contributed by atoms with Crippen LogP contribution in [0.4, 0.5) is 0 Å². The van der Waals surface area contributed by atoms with E-state index in [1.165, 1.54) is 18.2 Å². The molecule has 0 spiro atoms. The number of hydrogen-bond acceptors (Lipinski definition) is 3. The Hall–Kier alpha value is -1.84. The Morgan fingerprint density at radius 1 is 1.25 bits per heavy atom. The summed E-state index contributed by atoms with van der Waals surface area (Å²) < 4.78 is 0. The lowest BCUT2D eigenvalue weighted by Crippen LogP contribution is -2.01. The van der Waals surface area contributed by atoms with E-state index in [9.17, 15) is 9.59 Å². The van der Waals surface area contributed by atoms with Gasteiger partial charge in [0.05, 0.1) is 0 Å². The molecule has 0 unspecified atom stereocenters. The first-order valence-electron chi connectivity index (χ1n) is 3.18. The van der Waals surface area contributed by atoms with Crippen LogP contribution in [0.1, 0.15) is 10.4 Å². The first-order valence-corrected chi connectivity index (χ1v) is 3.18. The molecule has 0 saturated carbocycles. The number of aromatic hydroxyl groups is 1. The summed E-state index contributed by atoms with van der Waals surface area (Å²) in [7, 11) is 0. The predicted octanol–water partition coefficient (Wildman–Crippen LogP) is 0.451. The summed E-state index contributed by atoms with van der Waals surface area (Å²) in [6.07, 6.45) is 0. The molecule has 4 heteroatoms. The van der Waals surface area contributed by atoms with Gasteiger partial charge in [-0.25, -0.2) is 4.79 Å². The fraction of sp³-hybridized carbons (Fsp3) is 0. The molecule has 0 heterocycles. The molecule has 2 N–H and O–H groups in total. The summed E-state index contributed by atoms with van der Waals surface area (Å²) in [6.45, 7) is 0. The molecule has 0 aliphatic heterocycles. The zero-order valence-corrected chi connectivity index (χ0v) is 6.02. The van der Waals surface area contributed by atoms with E-state index in [2.05, 4.69) is 0 Å². The number of hydrogen-bond donors (Lipinski definition) is 2. The van der Waals surface area contributed by atoms with Crippen LogP contribution in [-0.2, 0) is 0 Å². The molecule has 1 aromatic rings. The Morgan fingerprint density at radius 3 is 2.42 bits per heavy atom. The molecule has 12 heavy (non-hydrogen) atoms. The first kappa shape index (κ1) is 8.26. The molecule has 4 nitrogen and oxygen atoms in total. The Bertz CT molecular complexity index is 370. The van der Waals surface area contributed by atoms with Gasteiger partial charge in [0.15, 0.2) is 5.75 Å². The minimum atomic E-state index is -1.32. The maximum atomic E-state index is 10.8. The molecular formula is C8H6O4. The molecular weight excluding hydrogens is 160 g/mol. The van der Waals surface area contributed by atoms with Gasteiger partial charge in [-0.15, -0.1) is 0 Å². The lowest BCUT2D eigenvalue weighted by Gasteiger charge is -1.90. The summed E-state index contributed by atoms with van der Waals surface area (Å²) in [5, 5.41) is 17.5. The fourth-order valence-corrected chi connectivity index (χ4v) is 0.758. The highest BCUT2D eigenvalue weighted by atomic mass is 16.4. The van der Waals surface area contributed by atoms with Crippen LogP contribution in [0.15, 0.2) is 29.1 Å². The van der Waals surface area contributed by atoms with Gasteiger partial charge in [0.2, 0.25) is 5.43 Å². The fourth-order valence-electron chi connectivity index (χ4n) is 0.758. The average molecular weight is 166 g/mol. The smallest absolute Gasteiger partial charge is 0.339 e. The van der Waals surface area contributed by atoms with Crippen molar-refractivity contribution in [3.63, 3.8) is 0 Å². The van der Waals surface area contributed by atoms with Crippen molar-refractivity contribution < 1.29 is 15.0 Å². The molecule has 0 aliphatic rings. The third kappa shape index (κ3) is 1.42. The molecule has 62 valence electrons. The van der Waals surface area contributed by atoms with E-state index < -0.39 is 17.1 Å². The van der Waals surface area contributed by atoms with Crippen molar-refractivity contribution in [2.24, 2.45) is 0 Å². The summed E-state index contributed by atoms with van der Waals surface area (Å²) in [4.78, 5) is 21.2. The van der Waals surface area contributed by atoms with E-state index in [0.717, 1.165) is 6.07 Å². The Kier molecular flexibility index (Phi) is 2.09.